The van der Waals surface area contributed by atoms with Gasteiger partial charge in [0.15, 0.2) is 0 Å². The fraction of sp³-hybridized carbons (Fsp3) is 0.615. The molecule has 1 N–H and O–H groups in total. The molecule has 1 aliphatic rings. The first-order valence-corrected chi connectivity index (χ1v) is 7.09. The van der Waals surface area contributed by atoms with E-state index in [-0.39, 0.29) is 11.3 Å². The van der Waals surface area contributed by atoms with Crippen molar-refractivity contribution in [3.8, 4) is 0 Å². The van der Waals surface area contributed by atoms with Crippen molar-refractivity contribution in [2.75, 3.05) is 13.1 Å². The van der Waals surface area contributed by atoms with E-state index in [1.54, 1.807) is 11.1 Å². The molecule has 1 fully saturated rings. The molecule has 2 heterocycles. The maximum absolute atomic E-state index is 12.3. The average Bonchev–Trinajstić information content (AvgIpc) is 2.97. The van der Waals surface area contributed by atoms with Crippen LogP contribution in [0.1, 0.15) is 41.9 Å². The lowest BCUT2D eigenvalue weighted by Gasteiger charge is -2.15. The minimum Gasteiger partial charge on any atom is -0.481 e. The molecule has 0 spiro atoms. The number of aromatic nitrogens is 1. The maximum Gasteiger partial charge on any atom is 0.308 e. The summed E-state index contributed by atoms with van der Waals surface area (Å²) in [4.78, 5) is 29.6. The smallest absolute Gasteiger partial charge is 0.308 e. The number of nitrogens with zero attached hydrogens (tertiary/aromatic N) is 2. The Labute approximate surface area is 116 Å². The van der Waals surface area contributed by atoms with Crippen LogP contribution in [0.2, 0.25) is 0 Å². The van der Waals surface area contributed by atoms with E-state index >= 15 is 0 Å². The zero-order valence-electron chi connectivity index (χ0n) is 11.3. The Kier molecular flexibility index (Phi) is 3.62. The summed E-state index contributed by atoms with van der Waals surface area (Å²) in [6.07, 6.45) is 2.13. The lowest BCUT2D eigenvalue weighted by Crippen LogP contribution is -2.29. The van der Waals surface area contributed by atoms with E-state index in [4.69, 9.17) is 5.11 Å². The summed E-state index contributed by atoms with van der Waals surface area (Å²) in [5.74, 6) is -1.36. The number of carboxylic acid groups (broad SMARTS) is 1. The van der Waals surface area contributed by atoms with Crippen LogP contribution in [-0.2, 0) is 10.2 Å². The molecule has 1 atom stereocenters. The molecule has 1 aromatic rings. The molecule has 2 rings (SSSR count). The monoisotopic (exact) mass is 282 g/mol. The number of carboxylic acids is 1. The van der Waals surface area contributed by atoms with E-state index in [1.165, 1.54) is 11.3 Å². The van der Waals surface area contributed by atoms with Crippen LogP contribution in [0.5, 0.6) is 0 Å². The number of amides is 1. The highest BCUT2D eigenvalue weighted by molar-refractivity contribution is 7.13. The van der Waals surface area contributed by atoms with Gasteiger partial charge in [0.05, 0.1) is 17.1 Å². The fourth-order valence-corrected chi connectivity index (χ4v) is 2.96. The second kappa shape index (κ2) is 4.92. The number of carbonyl (C=O) groups excluding carboxylic acids is 1. The molecule has 1 saturated heterocycles. The Hall–Kier alpha value is -1.43. The molecule has 1 aliphatic heterocycles. The first kappa shape index (κ1) is 14.0. The molecule has 1 amide bonds. The van der Waals surface area contributed by atoms with Crippen molar-refractivity contribution in [3.63, 3.8) is 0 Å². The van der Waals surface area contributed by atoms with Crippen molar-refractivity contribution in [1.29, 1.82) is 0 Å². The van der Waals surface area contributed by atoms with Gasteiger partial charge in [-0.05, 0) is 6.42 Å². The number of rotatable bonds is 2. The van der Waals surface area contributed by atoms with Gasteiger partial charge in [0.25, 0.3) is 5.91 Å². The van der Waals surface area contributed by atoms with E-state index in [9.17, 15) is 9.59 Å². The highest BCUT2D eigenvalue weighted by atomic mass is 32.1. The molecule has 19 heavy (non-hydrogen) atoms. The summed E-state index contributed by atoms with van der Waals surface area (Å²) in [6.45, 7) is 6.97. The highest BCUT2D eigenvalue weighted by Gasteiger charge is 2.32. The van der Waals surface area contributed by atoms with Gasteiger partial charge in [0, 0.05) is 18.5 Å². The molecule has 0 aromatic carbocycles. The Bertz CT molecular complexity index is 504. The van der Waals surface area contributed by atoms with Gasteiger partial charge in [-0.25, -0.2) is 4.98 Å². The van der Waals surface area contributed by atoms with Gasteiger partial charge in [-0.2, -0.15) is 0 Å². The van der Waals surface area contributed by atoms with Gasteiger partial charge in [-0.3, -0.25) is 9.59 Å². The minimum absolute atomic E-state index is 0.0716. The summed E-state index contributed by atoms with van der Waals surface area (Å²) in [6, 6.07) is 0. The zero-order valence-corrected chi connectivity index (χ0v) is 12.2. The average molecular weight is 282 g/mol. The zero-order chi connectivity index (χ0) is 14.2. The number of hydrogen-bond donors (Lipinski definition) is 1. The number of hydrogen-bond acceptors (Lipinski definition) is 4. The molecule has 6 heteroatoms. The molecule has 0 aliphatic carbocycles. The minimum atomic E-state index is -0.824. The van der Waals surface area contributed by atoms with Crippen molar-refractivity contribution >= 4 is 23.2 Å². The lowest BCUT2D eigenvalue weighted by molar-refractivity contribution is -0.141. The molecule has 1 aromatic heterocycles. The number of likely N-dealkylation sites (tertiary alicyclic amines) is 1. The van der Waals surface area contributed by atoms with Crippen molar-refractivity contribution in [2.45, 2.75) is 32.6 Å². The molecule has 104 valence electrons. The van der Waals surface area contributed by atoms with Crippen LogP contribution in [0.25, 0.3) is 0 Å². The van der Waals surface area contributed by atoms with Gasteiger partial charge in [0.2, 0.25) is 0 Å². The summed E-state index contributed by atoms with van der Waals surface area (Å²) in [5.41, 5.74) is -0.0716. The summed E-state index contributed by atoms with van der Waals surface area (Å²) < 4.78 is 0. The largest absolute Gasteiger partial charge is 0.481 e. The van der Waals surface area contributed by atoms with E-state index < -0.39 is 11.9 Å². The molecular formula is C13H18N2O3S. The van der Waals surface area contributed by atoms with Crippen LogP contribution in [0, 0.1) is 5.92 Å². The first-order valence-electron chi connectivity index (χ1n) is 6.27. The van der Waals surface area contributed by atoms with Crippen LogP contribution < -0.4 is 0 Å². The van der Waals surface area contributed by atoms with Crippen LogP contribution in [-0.4, -0.2) is 40.0 Å². The Morgan fingerprint density at radius 2 is 2.16 bits per heavy atom. The van der Waals surface area contributed by atoms with Gasteiger partial charge in [0.1, 0.15) is 4.88 Å². The third-order valence-corrected chi connectivity index (χ3v) is 4.59. The molecular weight excluding hydrogens is 264 g/mol. The van der Waals surface area contributed by atoms with Crippen LogP contribution in [0.15, 0.2) is 6.20 Å². The standard InChI is InChI=1S/C13H18N2O3S/c1-13(2,3)12-14-6-9(19-12)10(16)15-5-4-8(7-15)11(17)18/h6,8H,4-5,7H2,1-3H3,(H,17,18)/t8-/m0/s1. The first-order chi connectivity index (χ1) is 8.79. The van der Waals surface area contributed by atoms with Gasteiger partial charge in [-0.15, -0.1) is 11.3 Å². The van der Waals surface area contributed by atoms with Crippen LogP contribution >= 0.6 is 11.3 Å². The lowest BCUT2D eigenvalue weighted by atomic mass is 9.98. The number of carbonyl (C=O) groups is 2. The van der Waals surface area contributed by atoms with E-state index in [0.29, 0.717) is 24.4 Å². The normalized spacial score (nSPS) is 19.7. The maximum atomic E-state index is 12.3. The molecule has 0 radical (unpaired) electrons. The van der Waals surface area contributed by atoms with Crippen molar-refractivity contribution < 1.29 is 14.7 Å². The molecule has 0 bridgehead atoms. The molecule has 5 nitrogen and oxygen atoms in total. The fourth-order valence-electron chi connectivity index (χ4n) is 2.02. The topological polar surface area (TPSA) is 70.5 Å². The number of aliphatic carboxylic acids is 1. The summed E-state index contributed by atoms with van der Waals surface area (Å²) in [5, 5.41) is 9.87. The van der Waals surface area contributed by atoms with Gasteiger partial charge < -0.3 is 10.0 Å². The Morgan fingerprint density at radius 1 is 1.47 bits per heavy atom. The van der Waals surface area contributed by atoms with Gasteiger partial charge in [-0.1, -0.05) is 20.8 Å². The van der Waals surface area contributed by atoms with Crippen molar-refractivity contribution in [3.05, 3.63) is 16.1 Å². The van der Waals surface area contributed by atoms with Gasteiger partial charge >= 0.3 is 5.97 Å². The third kappa shape index (κ3) is 2.94. The van der Waals surface area contributed by atoms with Crippen LogP contribution in [0.3, 0.4) is 0 Å². The van der Waals surface area contributed by atoms with Crippen LogP contribution in [0.4, 0.5) is 0 Å². The van der Waals surface area contributed by atoms with E-state index in [2.05, 4.69) is 25.8 Å². The second-order valence-corrected chi connectivity index (χ2v) is 6.89. The second-order valence-electron chi connectivity index (χ2n) is 5.85. The Morgan fingerprint density at radius 3 is 2.63 bits per heavy atom. The predicted octanol–water partition coefficient (Wildman–Crippen LogP) is 1.99. The Balaban J connectivity index is 2.09. The number of thiazole rings is 1. The summed E-state index contributed by atoms with van der Waals surface area (Å²) in [7, 11) is 0. The SMILES string of the molecule is CC(C)(C)c1ncc(C(=O)N2CC[C@H](C(=O)O)C2)s1. The predicted molar refractivity (Wildman–Crippen MR) is 72.5 cm³/mol. The van der Waals surface area contributed by atoms with E-state index in [0.717, 1.165) is 5.01 Å². The van der Waals surface area contributed by atoms with Crippen molar-refractivity contribution in [1.82, 2.24) is 9.88 Å². The molecule has 0 unspecified atom stereocenters. The quantitative estimate of drug-likeness (QED) is 0.900. The van der Waals surface area contributed by atoms with E-state index in [1.807, 2.05) is 0 Å². The van der Waals surface area contributed by atoms with Crippen molar-refractivity contribution in [2.24, 2.45) is 5.92 Å². The third-order valence-electron chi connectivity index (χ3n) is 3.18. The highest BCUT2D eigenvalue weighted by Crippen LogP contribution is 2.28. The molecule has 0 saturated carbocycles. The summed E-state index contributed by atoms with van der Waals surface area (Å²) >= 11 is 1.39.